The molecule has 0 aliphatic carbocycles. The van der Waals surface area contributed by atoms with Gasteiger partial charge in [0.1, 0.15) is 6.04 Å². The molecule has 0 saturated heterocycles. The fourth-order valence-electron chi connectivity index (χ4n) is 1.59. The molecule has 1 N–H and O–H groups in total. The van der Waals surface area contributed by atoms with Gasteiger partial charge in [0.25, 0.3) is 0 Å². The number of rotatable bonds is 5. The number of carbonyl (C=O) groups excluding carboxylic acids is 1. The minimum absolute atomic E-state index is 0.250. The first-order valence-electron chi connectivity index (χ1n) is 5.67. The van der Waals surface area contributed by atoms with E-state index in [1.165, 1.54) is 7.11 Å². The van der Waals surface area contributed by atoms with Crippen LogP contribution in [0.3, 0.4) is 0 Å². The van der Waals surface area contributed by atoms with Crippen LogP contribution in [0.2, 0.25) is 0 Å². The maximum absolute atomic E-state index is 11.7. The highest BCUT2D eigenvalue weighted by atomic mass is 79.9. The molecule has 4 heteroatoms. The number of hydrogen-bond donors (Lipinski definition) is 1. The van der Waals surface area contributed by atoms with Crippen LogP contribution in [0.25, 0.3) is 0 Å². The summed E-state index contributed by atoms with van der Waals surface area (Å²) in [7, 11) is 1.41. The molecule has 1 atom stereocenters. The number of halogens is 1. The van der Waals surface area contributed by atoms with Crippen LogP contribution in [-0.2, 0) is 9.53 Å². The normalized spacial score (nSPS) is 12.2. The number of carbonyl (C=O) groups is 1. The summed E-state index contributed by atoms with van der Waals surface area (Å²) in [6.45, 7) is 4.85. The molecule has 3 nitrogen and oxygen atoms in total. The lowest BCUT2D eigenvalue weighted by molar-refractivity contribution is -0.143. The van der Waals surface area contributed by atoms with E-state index in [0.717, 1.165) is 28.6 Å². The molecule has 1 aromatic carbocycles. The van der Waals surface area contributed by atoms with Gasteiger partial charge in [-0.3, -0.25) is 0 Å². The molecule has 0 aromatic heterocycles. The fraction of sp³-hybridized carbons (Fsp3) is 0.462. The van der Waals surface area contributed by atoms with Gasteiger partial charge in [-0.15, -0.1) is 0 Å². The van der Waals surface area contributed by atoms with Crippen LogP contribution in [-0.4, -0.2) is 19.6 Å². The first-order chi connectivity index (χ1) is 8.10. The van der Waals surface area contributed by atoms with Gasteiger partial charge in [-0.2, -0.15) is 0 Å². The predicted octanol–water partition coefficient (Wildman–Crippen LogP) is 2.97. The Balaban J connectivity index is 2.95. The molecule has 0 aliphatic rings. The van der Waals surface area contributed by atoms with Crippen LogP contribution in [0.15, 0.2) is 22.7 Å². The van der Waals surface area contributed by atoms with E-state index in [4.69, 9.17) is 4.74 Å². The van der Waals surface area contributed by atoms with E-state index < -0.39 is 0 Å². The molecule has 1 unspecified atom stereocenters. The van der Waals surface area contributed by atoms with Crippen molar-refractivity contribution < 1.29 is 9.53 Å². The van der Waals surface area contributed by atoms with Gasteiger partial charge in [-0.25, -0.2) is 4.79 Å². The van der Waals surface area contributed by atoms with E-state index in [2.05, 4.69) is 28.2 Å². The highest BCUT2D eigenvalue weighted by Crippen LogP contribution is 2.22. The number of benzene rings is 1. The van der Waals surface area contributed by atoms with Crippen molar-refractivity contribution >= 4 is 21.9 Å². The van der Waals surface area contributed by atoms with E-state index in [1.54, 1.807) is 0 Å². The van der Waals surface area contributed by atoms with Crippen molar-refractivity contribution in [2.45, 2.75) is 26.3 Å². The Kier molecular flexibility index (Phi) is 5.65. The van der Waals surface area contributed by atoms with E-state index in [0.29, 0.717) is 0 Å². The zero-order valence-electron chi connectivity index (χ0n) is 10.4. The highest BCUT2D eigenvalue weighted by Gasteiger charge is 2.20. The van der Waals surface area contributed by atoms with Crippen molar-refractivity contribution in [3.8, 4) is 0 Å². The summed E-state index contributed by atoms with van der Waals surface area (Å²) >= 11 is 3.45. The first kappa shape index (κ1) is 14.2. The summed E-state index contributed by atoms with van der Waals surface area (Å²) in [6.07, 6.45) is 0.975. The van der Waals surface area contributed by atoms with Crippen LogP contribution < -0.4 is 5.32 Å². The number of hydrogen-bond acceptors (Lipinski definition) is 3. The van der Waals surface area contributed by atoms with Gasteiger partial charge in [0.15, 0.2) is 0 Å². The van der Waals surface area contributed by atoms with Gasteiger partial charge in [0.05, 0.1) is 7.11 Å². The van der Waals surface area contributed by atoms with Gasteiger partial charge >= 0.3 is 5.97 Å². The second-order valence-electron chi connectivity index (χ2n) is 3.92. The SMILES string of the molecule is CCCNC(C(=O)OC)c1ccc(Br)c(C)c1. The first-order valence-corrected chi connectivity index (χ1v) is 6.46. The minimum Gasteiger partial charge on any atom is -0.468 e. The van der Waals surface area contributed by atoms with E-state index >= 15 is 0 Å². The van der Waals surface area contributed by atoms with Gasteiger partial charge in [0, 0.05) is 4.47 Å². The molecule has 0 heterocycles. The third-order valence-corrected chi connectivity index (χ3v) is 3.44. The molecule has 0 radical (unpaired) electrons. The van der Waals surface area contributed by atoms with E-state index in [-0.39, 0.29) is 12.0 Å². The Hall–Kier alpha value is -0.870. The van der Waals surface area contributed by atoms with Gasteiger partial charge in [0.2, 0.25) is 0 Å². The third-order valence-electron chi connectivity index (χ3n) is 2.55. The Labute approximate surface area is 111 Å². The predicted molar refractivity (Wildman–Crippen MR) is 71.9 cm³/mol. The Morgan fingerprint density at radius 2 is 2.24 bits per heavy atom. The molecule has 1 rings (SSSR count). The average Bonchev–Trinajstić information content (AvgIpc) is 2.33. The van der Waals surface area contributed by atoms with Crippen LogP contribution in [0.1, 0.15) is 30.5 Å². The summed E-state index contributed by atoms with van der Waals surface area (Å²) in [5, 5.41) is 3.19. The van der Waals surface area contributed by atoms with Crippen molar-refractivity contribution in [1.82, 2.24) is 5.32 Å². The zero-order valence-corrected chi connectivity index (χ0v) is 12.0. The molecule has 0 aliphatic heterocycles. The van der Waals surface area contributed by atoms with Crippen molar-refractivity contribution in [2.75, 3.05) is 13.7 Å². The van der Waals surface area contributed by atoms with Crippen LogP contribution in [0.4, 0.5) is 0 Å². The maximum atomic E-state index is 11.7. The summed E-state index contributed by atoms with van der Waals surface area (Å²) in [5.74, 6) is -0.250. The number of methoxy groups -OCH3 is 1. The van der Waals surface area contributed by atoms with Crippen LogP contribution in [0, 0.1) is 6.92 Å². The molecule has 0 saturated carbocycles. The van der Waals surface area contributed by atoms with Crippen molar-refractivity contribution in [2.24, 2.45) is 0 Å². The third kappa shape index (κ3) is 3.82. The van der Waals surface area contributed by atoms with E-state index in [9.17, 15) is 4.79 Å². The van der Waals surface area contributed by atoms with Crippen molar-refractivity contribution in [3.63, 3.8) is 0 Å². The lowest BCUT2D eigenvalue weighted by Gasteiger charge is -2.17. The molecule has 0 bridgehead atoms. The maximum Gasteiger partial charge on any atom is 0.327 e. The molecular formula is C13H18BrNO2. The van der Waals surface area contributed by atoms with Gasteiger partial charge in [-0.1, -0.05) is 35.0 Å². The van der Waals surface area contributed by atoms with E-state index in [1.807, 2.05) is 25.1 Å². The lowest BCUT2D eigenvalue weighted by Crippen LogP contribution is -2.30. The number of esters is 1. The molecular weight excluding hydrogens is 282 g/mol. The number of nitrogens with one attached hydrogen (secondary N) is 1. The lowest BCUT2D eigenvalue weighted by atomic mass is 10.0. The molecule has 0 fully saturated rings. The van der Waals surface area contributed by atoms with Crippen LogP contribution in [0.5, 0.6) is 0 Å². The quantitative estimate of drug-likeness (QED) is 0.850. The molecule has 17 heavy (non-hydrogen) atoms. The Morgan fingerprint density at radius 1 is 1.53 bits per heavy atom. The molecule has 0 amide bonds. The van der Waals surface area contributed by atoms with Gasteiger partial charge < -0.3 is 10.1 Å². The topological polar surface area (TPSA) is 38.3 Å². The molecule has 94 valence electrons. The Morgan fingerprint density at radius 3 is 2.76 bits per heavy atom. The summed E-state index contributed by atoms with van der Waals surface area (Å²) < 4.78 is 5.86. The number of aryl methyl sites for hydroxylation is 1. The highest BCUT2D eigenvalue weighted by molar-refractivity contribution is 9.10. The van der Waals surface area contributed by atoms with Crippen molar-refractivity contribution in [1.29, 1.82) is 0 Å². The largest absolute Gasteiger partial charge is 0.468 e. The van der Waals surface area contributed by atoms with Crippen molar-refractivity contribution in [3.05, 3.63) is 33.8 Å². The smallest absolute Gasteiger partial charge is 0.327 e. The minimum atomic E-state index is -0.383. The molecule has 0 spiro atoms. The summed E-state index contributed by atoms with van der Waals surface area (Å²) in [5.41, 5.74) is 2.04. The molecule has 1 aromatic rings. The van der Waals surface area contributed by atoms with Gasteiger partial charge in [-0.05, 0) is 37.1 Å². The van der Waals surface area contributed by atoms with Crippen LogP contribution >= 0.6 is 15.9 Å². The zero-order chi connectivity index (χ0) is 12.8. The number of ether oxygens (including phenoxy) is 1. The summed E-state index contributed by atoms with van der Waals surface area (Å²) in [4.78, 5) is 11.7. The average molecular weight is 300 g/mol. The fourth-order valence-corrected chi connectivity index (χ4v) is 1.84. The standard InChI is InChI=1S/C13H18BrNO2/c1-4-7-15-12(13(16)17-3)10-5-6-11(14)9(2)8-10/h5-6,8,12,15H,4,7H2,1-3H3. The Bertz CT molecular complexity index is 393. The monoisotopic (exact) mass is 299 g/mol. The second-order valence-corrected chi connectivity index (χ2v) is 4.77. The summed E-state index contributed by atoms with van der Waals surface area (Å²) in [6, 6.07) is 5.50. The second kappa shape index (κ2) is 6.77.